The third-order valence-electron chi connectivity index (χ3n) is 5.39. The summed E-state index contributed by atoms with van der Waals surface area (Å²) in [6.07, 6.45) is 0.220. The summed E-state index contributed by atoms with van der Waals surface area (Å²) in [7, 11) is -4.15. The van der Waals surface area contributed by atoms with Crippen LogP contribution in [-0.2, 0) is 22.9 Å². The molecule has 3 atom stereocenters. The van der Waals surface area contributed by atoms with Crippen molar-refractivity contribution in [3.05, 3.63) is 52.6 Å². The normalized spacial score (nSPS) is 26.2. The number of carbonyl (C=O) groups is 1. The van der Waals surface area contributed by atoms with Gasteiger partial charge in [0.15, 0.2) is 21.5 Å². The minimum absolute atomic E-state index is 0.0295. The number of rotatable bonds is 3. The van der Waals surface area contributed by atoms with Crippen molar-refractivity contribution in [2.75, 3.05) is 5.75 Å². The molecular formula is C17H17F3N4O4S. The Bertz CT molecular complexity index is 1050. The number of halogens is 3. The third-order valence-corrected chi connectivity index (χ3v) is 7.60. The lowest BCUT2D eigenvalue weighted by Gasteiger charge is -2.39. The second-order valence-electron chi connectivity index (χ2n) is 7.25. The average Bonchev–Trinajstić information content (AvgIpc) is 3.19. The number of sulfone groups is 1. The first kappa shape index (κ1) is 19.7. The van der Waals surface area contributed by atoms with Crippen LogP contribution in [0.4, 0.5) is 18.0 Å². The maximum absolute atomic E-state index is 14.4. The van der Waals surface area contributed by atoms with Crippen molar-refractivity contribution < 1.29 is 31.5 Å². The van der Waals surface area contributed by atoms with E-state index in [0.717, 1.165) is 11.3 Å². The van der Waals surface area contributed by atoms with Crippen LogP contribution in [0, 0.1) is 17.5 Å². The van der Waals surface area contributed by atoms with Crippen LogP contribution < -0.4 is 5.32 Å². The minimum Gasteiger partial charge on any atom is -0.465 e. The molecule has 0 saturated carbocycles. The zero-order valence-corrected chi connectivity index (χ0v) is 15.7. The largest absolute Gasteiger partial charge is 0.465 e. The van der Waals surface area contributed by atoms with E-state index in [-0.39, 0.29) is 6.42 Å². The summed E-state index contributed by atoms with van der Waals surface area (Å²) in [6.45, 7) is 0.811. The van der Waals surface area contributed by atoms with Crippen molar-refractivity contribution in [3.8, 4) is 0 Å². The molecule has 2 aliphatic heterocycles. The molecule has 2 aliphatic rings. The first-order valence-corrected chi connectivity index (χ1v) is 10.5. The highest BCUT2D eigenvalue weighted by Crippen LogP contribution is 2.39. The maximum Gasteiger partial charge on any atom is 0.404 e. The highest BCUT2D eigenvalue weighted by atomic mass is 32.2. The van der Waals surface area contributed by atoms with E-state index in [1.54, 1.807) is 6.20 Å². The molecule has 0 aliphatic carbocycles. The zero-order chi connectivity index (χ0) is 20.9. The summed E-state index contributed by atoms with van der Waals surface area (Å²) in [5.74, 6) is -4.58. The molecule has 1 amide bonds. The van der Waals surface area contributed by atoms with Gasteiger partial charge in [-0.2, -0.15) is 5.10 Å². The molecule has 1 aromatic heterocycles. The molecule has 1 aromatic carbocycles. The Morgan fingerprint density at radius 1 is 1.28 bits per heavy atom. The van der Waals surface area contributed by atoms with Gasteiger partial charge in [-0.05, 0) is 12.5 Å². The lowest BCUT2D eigenvalue weighted by atomic mass is 9.97. The number of hydrogen-bond acceptors (Lipinski definition) is 5. The van der Waals surface area contributed by atoms with Crippen LogP contribution >= 0.6 is 0 Å². The Morgan fingerprint density at radius 2 is 2.03 bits per heavy atom. The predicted octanol–water partition coefficient (Wildman–Crippen LogP) is 1.71. The molecule has 0 bridgehead atoms. The van der Waals surface area contributed by atoms with Crippen molar-refractivity contribution in [3.63, 3.8) is 0 Å². The van der Waals surface area contributed by atoms with Crippen molar-refractivity contribution in [1.82, 2.24) is 20.4 Å². The SMILES string of the molecule is O=C(O)N[C@H]1C[C@@H](N2Cc3c[nH]nc3C2)CS(=O)(=O)C1c1cc(F)cc(F)c1F. The van der Waals surface area contributed by atoms with Crippen molar-refractivity contribution in [1.29, 1.82) is 0 Å². The summed E-state index contributed by atoms with van der Waals surface area (Å²) < 4.78 is 67.8. The number of aromatic nitrogens is 2. The molecule has 8 nitrogen and oxygen atoms in total. The highest BCUT2D eigenvalue weighted by molar-refractivity contribution is 7.91. The summed E-state index contributed by atoms with van der Waals surface area (Å²) in [4.78, 5) is 13.1. The van der Waals surface area contributed by atoms with Gasteiger partial charge in [-0.25, -0.2) is 26.4 Å². The predicted molar refractivity (Wildman–Crippen MR) is 94.0 cm³/mol. The van der Waals surface area contributed by atoms with Gasteiger partial charge < -0.3 is 10.4 Å². The fraction of sp³-hybridized carbons (Fsp3) is 0.412. The van der Waals surface area contributed by atoms with E-state index in [1.807, 2.05) is 4.90 Å². The van der Waals surface area contributed by atoms with Gasteiger partial charge in [0.2, 0.25) is 0 Å². The lowest BCUT2D eigenvalue weighted by Crippen LogP contribution is -2.53. The smallest absolute Gasteiger partial charge is 0.404 e. The van der Waals surface area contributed by atoms with Crippen LogP contribution in [-0.4, -0.2) is 52.6 Å². The zero-order valence-electron chi connectivity index (χ0n) is 14.9. The quantitative estimate of drug-likeness (QED) is 0.639. The number of nitrogens with zero attached hydrogens (tertiary/aromatic N) is 2. The van der Waals surface area contributed by atoms with Gasteiger partial charge in [0, 0.05) is 42.5 Å². The Hall–Kier alpha value is -2.60. The van der Waals surface area contributed by atoms with E-state index in [4.69, 9.17) is 5.11 Å². The first-order valence-electron chi connectivity index (χ1n) is 8.76. The van der Waals surface area contributed by atoms with Crippen LogP contribution in [0.2, 0.25) is 0 Å². The van der Waals surface area contributed by atoms with E-state index in [2.05, 4.69) is 15.5 Å². The van der Waals surface area contributed by atoms with Crippen LogP contribution in [0.5, 0.6) is 0 Å². The molecule has 2 aromatic rings. The van der Waals surface area contributed by atoms with Crippen LogP contribution in [0.1, 0.15) is 28.5 Å². The summed E-state index contributed by atoms with van der Waals surface area (Å²) in [5, 5.41) is 16.3. The molecule has 29 heavy (non-hydrogen) atoms. The Labute approximate surface area is 163 Å². The molecule has 0 spiro atoms. The van der Waals surface area contributed by atoms with E-state index in [0.29, 0.717) is 25.2 Å². The molecule has 1 unspecified atom stereocenters. The summed E-state index contributed by atoms with van der Waals surface area (Å²) in [6, 6.07) is -0.935. The van der Waals surface area contributed by atoms with Crippen molar-refractivity contribution in [2.45, 2.75) is 36.8 Å². The highest BCUT2D eigenvalue weighted by Gasteiger charge is 2.47. The van der Waals surface area contributed by atoms with Gasteiger partial charge in [0.1, 0.15) is 11.1 Å². The van der Waals surface area contributed by atoms with E-state index in [9.17, 15) is 26.4 Å². The molecular weight excluding hydrogens is 413 g/mol. The van der Waals surface area contributed by atoms with Gasteiger partial charge >= 0.3 is 6.09 Å². The van der Waals surface area contributed by atoms with Gasteiger partial charge in [-0.3, -0.25) is 10.00 Å². The van der Waals surface area contributed by atoms with E-state index >= 15 is 0 Å². The van der Waals surface area contributed by atoms with Gasteiger partial charge in [-0.1, -0.05) is 0 Å². The van der Waals surface area contributed by atoms with Crippen molar-refractivity contribution in [2.24, 2.45) is 0 Å². The molecule has 12 heteroatoms. The number of fused-ring (bicyclic) bond motifs is 1. The fourth-order valence-electron chi connectivity index (χ4n) is 4.19. The first-order chi connectivity index (χ1) is 13.7. The van der Waals surface area contributed by atoms with E-state index < -0.39 is 62.0 Å². The Balaban J connectivity index is 1.70. The number of carboxylic acid groups (broad SMARTS) is 1. The number of hydrogen-bond donors (Lipinski definition) is 3. The van der Waals surface area contributed by atoms with Crippen LogP contribution in [0.15, 0.2) is 18.3 Å². The van der Waals surface area contributed by atoms with E-state index in [1.165, 1.54) is 0 Å². The second kappa shape index (κ2) is 7.02. The molecule has 0 radical (unpaired) electrons. The lowest BCUT2D eigenvalue weighted by molar-refractivity contribution is 0.164. The molecule has 156 valence electrons. The van der Waals surface area contributed by atoms with Crippen LogP contribution in [0.3, 0.4) is 0 Å². The monoisotopic (exact) mass is 430 g/mol. The number of benzene rings is 1. The van der Waals surface area contributed by atoms with Gasteiger partial charge in [-0.15, -0.1) is 0 Å². The number of amides is 1. The molecule has 3 heterocycles. The van der Waals surface area contributed by atoms with Gasteiger partial charge in [0.05, 0.1) is 17.5 Å². The Kier molecular flexibility index (Phi) is 4.77. The minimum atomic E-state index is -4.15. The molecule has 3 N–H and O–H groups in total. The molecule has 4 rings (SSSR count). The third kappa shape index (κ3) is 3.57. The van der Waals surface area contributed by atoms with Crippen molar-refractivity contribution >= 4 is 15.9 Å². The Morgan fingerprint density at radius 3 is 2.72 bits per heavy atom. The second-order valence-corrected chi connectivity index (χ2v) is 9.42. The maximum atomic E-state index is 14.4. The average molecular weight is 430 g/mol. The summed E-state index contributed by atoms with van der Waals surface area (Å²) >= 11 is 0. The topological polar surface area (TPSA) is 115 Å². The number of H-pyrrole nitrogens is 1. The fourth-order valence-corrected chi connectivity index (χ4v) is 6.52. The van der Waals surface area contributed by atoms with Crippen LogP contribution in [0.25, 0.3) is 0 Å². The standard InChI is InChI=1S/C17H17F3N4O4S/c18-9-1-11(15(20)12(19)2-9)16-13(22-17(25)26)3-10(7-29(16,27)28)24-5-8-4-21-23-14(8)6-24/h1-2,4,10,13,16,22H,3,5-7H2,(H,21,23)(H,25,26)/t10-,13+,16?/m1/s1. The molecule has 1 fully saturated rings. The summed E-state index contributed by atoms with van der Waals surface area (Å²) in [5.41, 5.74) is 0.963. The number of nitrogens with one attached hydrogen (secondary N) is 2. The van der Waals surface area contributed by atoms with Gasteiger partial charge in [0.25, 0.3) is 0 Å². The molecule has 1 saturated heterocycles. The number of aromatic amines is 1.